The first kappa shape index (κ1) is 36.5. The largest absolute Gasteiger partial charge is 0.310 e. The Morgan fingerprint density at radius 2 is 0.641 bits per heavy atom. The quantitative estimate of drug-likeness (QED) is 0.165. The van der Waals surface area contributed by atoms with E-state index in [-0.39, 0.29) is 0 Å². The van der Waals surface area contributed by atoms with Gasteiger partial charge in [-0.2, -0.15) is 0 Å². The molecule has 0 atom stereocenters. The smallest absolute Gasteiger partial charge is 0.0755 e. The van der Waals surface area contributed by atoms with Gasteiger partial charge in [0.1, 0.15) is 0 Å². The summed E-state index contributed by atoms with van der Waals surface area (Å²) in [5.74, 6) is 0. The molecule has 2 aliphatic carbocycles. The SMILES string of the molecule is c1ccc(N(c2ccc3c(c2)C(c2ccccc2)(c2ccccc2)c2ccccc2-3)c2ccc3c(c2)C2(c4ccccc4-3)c3ccccc3N(c3ccccc3)c3ccccc32)cc1. The van der Waals surface area contributed by atoms with Gasteiger partial charge >= 0.3 is 0 Å². The molecule has 0 radical (unpaired) electrons. The van der Waals surface area contributed by atoms with E-state index in [0.29, 0.717) is 0 Å². The van der Waals surface area contributed by atoms with Gasteiger partial charge in [0, 0.05) is 22.7 Å². The van der Waals surface area contributed by atoms with Crippen LogP contribution in [0.1, 0.15) is 44.5 Å². The lowest BCUT2D eigenvalue weighted by molar-refractivity contribution is 0.752. The Hall–Kier alpha value is -8.20. The molecule has 0 bridgehead atoms. The summed E-state index contributed by atoms with van der Waals surface area (Å²) in [6.07, 6.45) is 0. The maximum absolute atomic E-state index is 2.50. The van der Waals surface area contributed by atoms with Gasteiger partial charge in [0.25, 0.3) is 0 Å². The summed E-state index contributed by atoms with van der Waals surface area (Å²) in [4.78, 5) is 4.92. The van der Waals surface area contributed by atoms with Crippen LogP contribution >= 0.6 is 0 Å². The van der Waals surface area contributed by atoms with Gasteiger partial charge in [-0.25, -0.2) is 0 Å². The highest BCUT2D eigenvalue weighted by atomic mass is 15.2. The lowest BCUT2D eigenvalue weighted by Crippen LogP contribution is -2.36. The standard InChI is InChI=1S/C62H42N2/c1-5-21-43(22-6-1)61(44-23-7-2-8-24-44)53-31-15-13-29-49(53)51-39-37-47(41-57(51)61)63(45-25-9-3-10-26-45)48-38-40-52-50-30-14-16-32-54(50)62(58(52)42-48)55-33-17-19-35-59(55)64(46-27-11-4-12-28-46)60-36-20-18-34-56(60)62/h1-42H. The average Bonchev–Trinajstić information content (AvgIpc) is 3.83. The molecule has 1 aliphatic heterocycles. The summed E-state index contributed by atoms with van der Waals surface area (Å²) < 4.78 is 0. The summed E-state index contributed by atoms with van der Waals surface area (Å²) in [6.45, 7) is 0. The molecule has 1 heterocycles. The maximum Gasteiger partial charge on any atom is 0.0755 e. The fourth-order valence-corrected chi connectivity index (χ4v) is 11.7. The zero-order valence-corrected chi connectivity index (χ0v) is 35.1. The molecular weight excluding hydrogens is 773 g/mol. The van der Waals surface area contributed by atoms with Crippen LogP contribution in [-0.2, 0) is 10.8 Å². The fourth-order valence-electron chi connectivity index (χ4n) is 11.7. The normalized spacial score (nSPS) is 14.2. The van der Waals surface area contributed by atoms with Crippen LogP contribution in [0.3, 0.4) is 0 Å². The molecule has 300 valence electrons. The van der Waals surface area contributed by atoms with E-state index < -0.39 is 10.8 Å². The van der Waals surface area contributed by atoms with Crippen LogP contribution < -0.4 is 9.80 Å². The van der Waals surface area contributed by atoms with E-state index in [0.717, 1.165) is 22.7 Å². The van der Waals surface area contributed by atoms with Crippen molar-refractivity contribution in [2.45, 2.75) is 10.8 Å². The predicted octanol–water partition coefficient (Wildman–Crippen LogP) is 15.7. The lowest BCUT2D eigenvalue weighted by atomic mass is 9.64. The van der Waals surface area contributed by atoms with Crippen molar-refractivity contribution in [3.05, 3.63) is 299 Å². The van der Waals surface area contributed by atoms with Crippen molar-refractivity contribution in [2.24, 2.45) is 0 Å². The van der Waals surface area contributed by atoms with Gasteiger partial charge < -0.3 is 9.80 Å². The minimum atomic E-state index is -0.571. The molecule has 0 N–H and O–H groups in total. The molecule has 3 aliphatic rings. The second kappa shape index (κ2) is 14.2. The van der Waals surface area contributed by atoms with Crippen LogP contribution in [0.5, 0.6) is 0 Å². The zero-order chi connectivity index (χ0) is 42.2. The molecule has 0 unspecified atom stereocenters. The number of anilines is 6. The second-order valence-corrected chi connectivity index (χ2v) is 17.2. The summed E-state index contributed by atoms with van der Waals surface area (Å²) in [5, 5.41) is 0. The molecule has 10 aromatic carbocycles. The molecule has 13 rings (SSSR count). The number of nitrogens with zero attached hydrogens (tertiary/aromatic N) is 2. The zero-order valence-electron chi connectivity index (χ0n) is 35.1. The van der Waals surface area contributed by atoms with Crippen molar-refractivity contribution in [2.75, 3.05) is 9.80 Å². The Labute approximate surface area is 374 Å². The Morgan fingerprint density at radius 3 is 1.16 bits per heavy atom. The first-order valence-electron chi connectivity index (χ1n) is 22.3. The average molecular weight is 815 g/mol. The third kappa shape index (κ3) is 4.97. The van der Waals surface area contributed by atoms with Crippen LogP contribution in [0.25, 0.3) is 22.3 Å². The van der Waals surface area contributed by atoms with Gasteiger partial charge in [-0.05, 0) is 127 Å². The summed E-state index contributed by atoms with van der Waals surface area (Å²) in [5.41, 5.74) is 21.1. The highest BCUT2D eigenvalue weighted by molar-refractivity contribution is 5.97. The van der Waals surface area contributed by atoms with Gasteiger partial charge in [-0.1, -0.05) is 194 Å². The number of para-hydroxylation sites is 4. The number of rotatable bonds is 6. The van der Waals surface area contributed by atoms with Gasteiger partial charge in [-0.15, -0.1) is 0 Å². The third-order valence-electron chi connectivity index (χ3n) is 14.1. The molecule has 1 spiro atoms. The summed E-state index contributed by atoms with van der Waals surface area (Å²) >= 11 is 0. The van der Waals surface area contributed by atoms with Gasteiger partial charge in [0.05, 0.1) is 22.2 Å². The van der Waals surface area contributed by atoms with Gasteiger partial charge in [0.15, 0.2) is 0 Å². The van der Waals surface area contributed by atoms with Crippen LogP contribution in [0.2, 0.25) is 0 Å². The van der Waals surface area contributed by atoms with Crippen molar-refractivity contribution in [1.29, 1.82) is 0 Å². The van der Waals surface area contributed by atoms with E-state index in [1.807, 2.05) is 0 Å². The van der Waals surface area contributed by atoms with E-state index in [1.165, 1.54) is 78.1 Å². The predicted molar refractivity (Wildman–Crippen MR) is 264 cm³/mol. The minimum Gasteiger partial charge on any atom is -0.310 e. The lowest BCUT2D eigenvalue weighted by Gasteiger charge is -2.45. The Balaban J connectivity index is 1.08. The van der Waals surface area contributed by atoms with E-state index in [9.17, 15) is 0 Å². The Morgan fingerprint density at radius 1 is 0.266 bits per heavy atom. The minimum absolute atomic E-state index is 0.517. The highest BCUT2D eigenvalue weighted by Crippen LogP contribution is 2.64. The number of hydrogen-bond acceptors (Lipinski definition) is 2. The van der Waals surface area contributed by atoms with Crippen molar-refractivity contribution < 1.29 is 0 Å². The van der Waals surface area contributed by atoms with E-state index in [2.05, 4.69) is 265 Å². The highest BCUT2D eigenvalue weighted by Gasteiger charge is 2.52. The van der Waals surface area contributed by atoms with Crippen molar-refractivity contribution in [3.63, 3.8) is 0 Å². The van der Waals surface area contributed by atoms with Crippen molar-refractivity contribution >= 4 is 34.1 Å². The topological polar surface area (TPSA) is 6.48 Å². The monoisotopic (exact) mass is 814 g/mol. The fraction of sp³-hybridized carbons (Fsp3) is 0.0323. The molecule has 2 heteroatoms. The van der Waals surface area contributed by atoms with Gasteiger partial charge in [0.2, 0.25) is 0 Å². The van der Waals surface area contributed by atoms with Crippen molar-refractivity contribution in [1.82, 2.24) is 0 Å². The van der Waals surface area contributed by atoms with Crippen molar-refractivity contribution in [3.8, 4) is 22.3 Å². The van der Waals surface area contributed by atoms with Gasteiger partial charge in [-0.3, -0.25) is 0 Å². The Bertz CT molecular complexity index is 3310. The van der Waals surface area contributed by atoms with E-state index in [1.54, 1.807) is 0 Å². The van der Waals surface area contributed by atoms with Crippen LogP contribution in [0.15, 0.2) is 255 Å². The molecular formula is C62H42N2. The summed E-state index contributed by atoms with van der Waals surface area (Å²) in [6, 6.07) is 94.5. The van der Waals surface area contributed by atoms with Crippen LogP contribution in [0, 0.1) is 0 Å². The molecule has 0 fully saturated rings. The molecule has 0 amide bonds. The maximum atomic E-state index is 2.50. The molecule has 64 heavy (non-hydrogen) atoms. The van der Waals surface area contributed by atoms with Crippen LogP contribution in [-0.4, -0.2) is 0 Å². The summed E-state index contributed by atoms with van der Waals surface area (Å²) in [7, 11) is 0. The second-order valence-electron chi connectivity index (χ2n) is 17.2. The van der Waals surface area contributed by atoms with Crippen LogP contribution in [0.4, 0.5) is 34.1 Å². The number of fused-ring (bicyclic) bond motifs is 12. The first-order valence-corrected chi connectivity index (χ1v) is 22.3. The Kier molecular flexibility index (Phi) is 8.07. The van der Waals surface area contributed by atoms with E-state index >= 15 is 0 Å². The number of benzene rings is 10. The molecule has 10 aromatic rings. The molecule has 2 nitrogen and oxygen atoms in total. The molecule has 0 aromatic heterocycles. The molecule has 0 saturated heterocycles. The number of hydrogen-bond donors (Lipinski definition) is 0. The third-order valence-corrected chi connectivity index (χ3v) is 14.1. The van der Waals surface area contributed by atoms with E-state index in [4.69, 9.17) is 0 Å². The first-order chi connectivity index (χ1) is 31.8. The molecule has 0 saturated carbocycles.